The Kier molecular flexibility index (Phi) is 13.2. The molecule has 0 saturated carbocycles. The summed E-state index contributed by atoms with van der Waals surface area (Å²) in [7, 11) is -2.01. The summed E-state index contributed by atoms with van der Waals surface area (Å²) in [6, 6.07) is 0. The van der Waals surface area contributed by atoms with Crippen LogP contribution in [0.25, 0.3) is 0 Å². The van der Waals surface area contributed by atoms with Crippen molar-refractivity contribution in [3.05, 3.63) is 0 Å². The molecule has 0 bridgehead atoms. The van der Waals surface area contributed by atoms with Crippen molar-refractivity contribution in [1.29, 1.82) is 0 Å². The van der Waals surface area contributed by atoms with Gasteiger partial charge in [0.15, 0.2) is 0 Å². The molecule has 0 aliphatic heterocycles. The molecular formula is C18H36O2Si. The molecule has 1 atom stereocenters. The molecule has 0 rings (SSSR count). The van der Waals surface area contributed by atoms with Gasteiger partial charge in [-0.05, 0) is 32.9 Å². The van der Waals surface area contributed by atoms with Gasteiger partial charge in [0.1, 0.15) is 6.10 Å². The Morgan fingerprint density at radius 3 is 2.00 bits per heavy atom. The van der Waals surface area contributed by atoms with Crippen molar-refractivity contribution in [2.24, 2.45) is 0 Å². The summed E-state index contributed by atoms with van der Waals surface area (Å²) in [6.07, 6.45) is 11.6. The van der Waals surface area contributed by atoms with E-state index >= 15 is 0 Å². The lowest BCUT2D eigenvalue weighted by atomic mass is 10.1. The van der Waals surface area contributed by atoms with Crippen LogP contribution >= 0.6 is 0 Å². The summed E-state index contributed by atoms with van der Waals surface area (Å²) < 4.78 is 12.0. The van der Waals surface area contributed by atoms with Crippen molar-refractivity contribution in [1.82, 2.24) is 0 Å². The zero-order valence-corrected chi connectivity index (χ0v) is 16.0. The second-order valence-corrected chi connectivity index (χ2v) is 9.46. The topological polar surface area (TPSA) is 18.5 Å². The second-order valence-electron chi connectivity index (χ2n) is 6.13. The molecular weight excluding hydrogens is 276 g/mol. The predicted octanol–water partition coefficient (Wildman–Crippen LogP) is 5.66. The quantitative estimate of drug-likeness (QED) is 0.248. The highest BCUT2D eigenvalue weighted by Crippen LogP contribution is 2.14. The lowest BCUT2D eigenvalue weighted by Gasteiger charge is -2.26. The minimum Gasteiger partial charge on any atom is -0.394 e. The maximum atomic E-state index is 6.04. The highest BCUT2D eigenvalue weighted by atomic mass is 28.4. The van der Waals surface area contributed by atoms with Crippen LogP contribution in [0, 0.1) is 11.8 Å². The first-order chi connectivity index (χ1) is 10.1. The van der Waals surface area contributed by atoms with Gasteiger partial charge in [0.25, 0.3) is 0 Å². The molecule has 1 unspecified atom stereocenters. The molecule has 2 nitrogen and oxygen atoms in total. The molecule has 0 fully saturated rings. The van der Waals surface area contributed by atoms with E-state index in [2.05, 4.69) is 38.8 Å². The minimum atomic E-state index is -2.01. The first-order valence-electron chi connectivity index (χ1n) is 8.79. The Labute approximate surface area is 134 Å². The van der Waals surface area contributed by atoms with E-state index in [4.69, 9.17) is 8.85 Å². The van der Waals surface area contributed by atoms with Crippen molar-refractivity contribution in [3.8, 4) is 11.8 Å². The van der Waals surface area contributed by atoms with Gasteiger partial charge < -0.3 is 8.85 Å². The molecule has 0 saturated heterocycles. The monoisotopic (exact) mass is 312 g/mol. The Hall–Kier alpha value is -0.303. The summed E-state index contributed by atoms with van der Waals surface area (Å²) in [5, 5.41) is 0. The van der Waals surface area contributed by atoms with Crippen molar-refractivity contribution in [2.45, 2.75) is 97.8 Å². The van der Waals surface area contributed by atoms with E-state index in [-0.39, 0.29) is 6.10 Å². The van der Waals surface area contributed by atoms with Gasteiger partial charge in [0.2, 0.25) is 0 Å². The van der Waals surface area contributed by atoms with Gasteiger partial charge in [-0.1, -0.05) is 64.7 Å². The van der Waals surface area contributed by atoms with Crippen LogP contribution in [0.2, 0.25) is 13.1 Å². The molecule has 0 aromatic carbocycles. The van der Waals surface area contributed by atoms with Crippen LogP contribution in [0.4, 0.5) is 0 Å². The zero-order chi connectivity index (χ0) is 16.0. The van der Waals surface area contributed by atoms with Crippen LogP contribution in [-0.2, 0) is 8.85 Å². The van der Waals surface area contributed by atoms with E-state index < -0.39 is 8.56 Å². The van der Waals surface area contributed by atoms with E-state index in [1.165, 1.54) is 44.9 Å². The number of unbranched alkanes of at least 4 members (excludes halogenated alkanes) is 7. The average Bonchev–Trinajstić information content (AvgIpc) is 2.44. The SMILES string of the molecule is CC#CC(CC)O[Si](C)(C)OCCCCCCCCCC. The molecule has 3 heteroatoms. The van der Waals surface area contributed by atoms with Crippen LogP contribution in [0.5, 0.6) is 0 Å². The molecule has 124 valence electrons. The lowest BCUT2D eigenvalue weighted by molar-refractivity contribution is 0.146. The van der Waals surface area contributed by atoms with E-state index in [9.17, 15) is 0 Å². The van der Waals surface area contributed by atoms with Crippen LogP contribution in [-0.4, -0.2) is 21.3 Å². The number of hydrogen-bond acceptors (Lipinski definition) is 2. The highest BCUT2D eigenvalue weighted by molar-refractivity contribution is 6.64. The van der Waals surface area contributed by atoms with Gasteiger partial charge >= 0.3 is 8.56 Å². The van der Waals surface area contributed by atoms with Crippen molar-refractivity contribution in [3.63, 3.8) is 0 Å². The van der Waals surface area contributed by atoms with Crippen LogP contribution < -0.4 is 0 Å². The molecule has 0 aromatic heterocycles. The van der Waals surface area contributed by atoms with E-state index in [1.807, 2.05) is 6.92 Å². The number of rotatable bonds is 13. The van der Waals surface area contributed by atoms with Gasteiger partial charge in [-0.3, -0.25) is 0 Å². The van der Waals surface area contributed by atoms with E-state index in [0.29, 0.717) is 0 Å². The van der Waals surface area contributed by atoms with E-state index in [0.717, 1.165) is 19.4 Å². The van der Waals surface area contributed by atoms with Crippen LogP contribution in [0.1, 0.15) is 78.6 Å². The number of hydrogen-bond donors (Lipinski definition) is 0. The summed E-state index contributed by atoms with van der Waals surface area (Å²) in [5.41, 5.74) is 0. The van der Waals surface area contributed by atoms with Crippen LogP contribution in [0.15, 0.2) is 0 Å². The first-order valence-corrected chi connectivity index (χ1v) is 11.6. The van der Waals surface area contributed by atoms with Gasteiger partial charge in [-0.15, -0.1) is 5.92 Å². The molecule has 0 aromatic rings. The van der Waals surface area contributed by atoms with Gasteiger partial charge in [0.05, 0.1) is 0 Å². The molecule has 0 amide bonds. The van der Waals surface area contributed by atoms with Crippen molar-refractivity contribution < 1.29 is 8.85 Å². The summed E-state index contributed by atoms with van der Waals surface area (Å²) >= 11 is 0. The molecule has 0 N–H and O–H groups in total. The molecule has 0 radical (unpaired) electrons. The third kappa shape index (κ3) is 13.1. The Bertz CT molecular complexity index is 291. The molecule has 0 aliphatic carbocycles. The third-order valence-corrected chi connectivity index (χ3v) is 5.30. The molecule has 0 heterocycles. The normalized spacial score (nSPS) is 12.8. The molecule has 0 aliphatic rings. The third-order valence-electron chi connectivity index (χ3n) is 3.55. The van der Waals surface area contributed by atoms with E-state index in [1.54, 1.807) is 0 Å². The Balaban J connectivity index is 3.62. The maximum absolute atomic E-state index is 6.04. The Morgan fingerprint density at radius 2 is 1.48 bits per heavy atom. The summed E-state index contributed by atoms with van der Waals surface area (Å²) in [6.45, 7) is 11.3. The fourth-order valence-corrected chi connectivity index (χ4v) is 3.92. The molecule has 21 heavy (non-hydrogen) atoms. The van der Waals surface area contributed by atoms with Crippen molar-refractivity contribution in [2.75, 3.05) is 6.61 Å². The van der Waals surface area contributed by atoms with Crippen molar-refractivity contribution >= 4 is 8.56 Å². The summed E-state index contributed by atoms with van der Waals surface area (Å²) in [5.74, 6) is 6.04. The molecule has 0 spiro atoms. The highest BCUT2D eigenvalue weighted by Gasteiger charge is 2.27. The second kappa shape index (κ2) is 13.4. The van der Waals surface area contributed by atoms with Gasteiger partial charge in [-0.2, -0.15) is 0 Å². The minimum absolute atomic E-state index is 0.0373. The standard InChI is InChI=1S/C18H36O2Si/c1-6-9-10-11-12-13-14-15-17-19-21(4,5)20-18(8-3)16-7-2/h18H,6,8-15,17H2,1-5H3. The van der Waals surface area contributed by atoms with Gasteiger partial charge in [-0.25, -0.2) is 0 Å². The largest absolute Gasteiger partial charge is 0.394 e. The van der Waals surface area contributed by atoms with Crippen LogP contribution in [0.3, 0.4) is 0 Å². The Morgan fingerprint density at radius 1 is 0.905 bits per heavy atom. The first kappa shape index (κ1) is 20.7. The predicted molar refractivity (Wildman–Crippen MR) is 94.7 cm³/mol. The summed E-state index contributed by atoms with van der Waals surface area (Å²) in [4.78, 5) is 0. The fourth-order valence-electron chi connectivity index (χ4n) is 2.31. The average molecular weight is 313 g/mol. The fraction of sp³-hybridized carbons (Fsp3) is 0.889. The van der Waals surface area contributed by atoms with Gasteiger partial charge in [0, 0.05) is 6.61 Å². The lowest BCUT2D eigenvalue weighted by Crippen LogP contribution is -2.38. The maximum Gasteiger partial charge on any atom is 0.332 e. The smallest absolute Gasteiger partial charge is 0.332 e. The zero-order valence-electron chi connectivity index (χ0n) is 15.0.